The van der Waals surface area contributed by atoms with Gasteiger partial charge in [-0.1, -0.05) is 0 Å². The van der Waals surface area contributed by atoms with Crippen molar-refractivity contribution in [3.63, 3.8) is 0 Å². The Morgan fingerprint density at radius 2 is 2.19 bits per heavy atom. The molecule has 0 bridgehead atoms. The molecule has 3 heterocycles. The molecule has 1 aromatic heterocycles. The van der Waals surface area contributed by atoms with Crippen LogP contribution in [0, 0.1) is 18.3 Å². The van der Waals surface area contributed by atoms with Gasteiger partial charge in [0.15, 0.2) is 0 Å². The van der Waals surface area contributed by atoms with E-state index in [0.29, 0.717) is 11.3 Å². The molecular formula is C17H27NO2S. The minimum absolute atomic E-state index is 0.468. The summed E-state index contributed by atoms with van der Waals surface area (Å²) < 4.78 is 11.1. The van der Waals surface area contributed by atoms with Gasteiger partial charge in [-0.05, 0) is 61.7 Å². The van der Waals surface area contributed by atoms with Crippen LogP contribution in [0.25, 0.3) is 0 Å². The Morgan fingerprint density at radius 3 is 2.86 bits per heavy atom. The average Bonchev–Trinajstić information content (AvgIpc) is 2.90. The molecule has 0 saturated carbocycles. The minimum Gasteiger partial charge on any atom is -0.384 e. The second kappa shape index (κ2) is 6.78. The zero-order valence-electron chi connectivity index (χ0n) is 13.3. The summed E-state index contributed by atoms with van der Waals surface area (Å²) in [5.41, 5.74) is 1.92. The van der Waals surface area contributed by atoms with Gasteiger partial charge in [-0.25, -0.2) is 0 Å². The number of rotatable bonds is 4. The highest BCUT2D eigenvalue weighted by molar-refractivity contribution is 7.10. The Hall–Kier alpha value is -0.420. The number of hydrogen-bond donors (Lipinski definition) is 0. The fraction of sp³-hybridized carbons (Fsp3) is 0.765. The van der Waals surface area contributed by atoms with E-state index in [0.717, 1.165) is 26.4 Å². The molecule has 3 nitrogen and oxygen atoms in total. The van der Waals surface area contributed by atoms with Gasteiger partial charge in [0.05, 0.1) is 13.2 Å². The highest BCUT2D eigenvalue weighted by Crippen LogP contribution is 2.45. The third-order valence-corrected chi connectivity index (χ3v) is 6.49. The van der Waals surface area contributed by atoms with Gasteiger partial charge < -0.3 is 9.47 Å². The van der Waals surface area contributed by atoms with E-state index < -0.39 is 0 Å². The smallest absolute Gasteiger partial charge is 0.0521 e. The van der Waals surface area contributed by atoms with Crippen LogP contribution in [0.3, 0.4) is 0 Å². The predicted molar refractivity (Wildman–Crippen MR) is 86.8 cm³/mol. The van der Waals surface area contributed by atoms with Gasteiger partial charge in [0.25, 0.3) is 0 Å². The summed E-state index contributed by atoms with van der Waals surface area (Å²) in [5, 5.41) is 2.21. The largest absolute Gasteiger partial charge is 0.384 e. The number of aryl methyl sites for hydroxylation is 1. The molecule has 0 aliphatic carbocycles. The maximum absolute atomic E-state index is 5.70. The first-order valence-corrected chi connectivity index (χ1v) is 8.93. The monoisotopic (exact) mass is 309 g/mol. The van der Waals surface area contributed by atoms with Crippen molar-refractivity contribution in [3.05, 3.63) is 21.9 Å². The summed E-state index contributed by atoms with van der Waals surface area (Å²) in [6, 6.07) is 2.23. The molecule has 2 fully saturated rings. The topological polar surface area (TPSA) is 21.7 Å². The predicted octanol–water partition coefficient (Wildman–Crippen LogP) is 3.32. The molecule has 1 spiro atoms. The van der Waals surface area contributed by atoms with E-state index in [4.69, 9.17) is 9.47 Å². The van der Waals surface area contributed by atoms with Gasteiger partial charge in [-0.2, -0.15) is 0 Å². The third-order valence-electron chi connectivity index (χ3n) is 5.48. The SMILES string of the molecule is COC[C@@H]1COCCC12CCN(Cc1sccc1C)CC2. The molecule has 0 N–H and O–H groups in total. The normalized spacial score (nSPS) is 26.3. The molecule has 1 atom stereocenters. The lowest BCUT2D eigenvalue weighted by molar-refractivity contribution is -0.0950. The Kier molecular flexibility index (Phi) is 4.99. The van der Waals surface area contributed by atoms with Gasteiger partial charge in [0.2, 0.25) is 0 Å². The lowest BCUT2D eigenvalue weighted by atomic mass is 9.66. The Bertz CT molecular complexity index is 449. The summed E-state index contributed by atoms with van der Waals surface area (Å²) in [5.74, 6) is 0.585. The quantitative estimate of drug-likeness (QED) is 0.851. The van der Waals surface area contributed by atoms with E-state index in [1.807, 2.05) is 18.4 Å². The molecular weight excluding hydrogens is 282 g/mol. The van der Waals surface area contributed by atoms with Crippen LogP contribution in [0.1, 0.15) is 29.7 Å². The van der Waals surface area contributed by atoms with Crippen molar-refractivity contribution in [3.8, 4) is 0 Å². The van der Waals surface area contributed by atoms with Crippen LogP contribution >= 0.6 is 11.3 Å². The maximum Gasteiger partial charge on any atom is 0.0521 e. The minimum atomic E-state index is 0.468. The number of piperidine rings is 1. The number of hydrogen-bond acceptors (Lipinski definition) is 4. The van der Waals surface area contributed by atoms with Gasteiger partial charge >= 0.3 is 0 Å². The number of thiophene rings is 1. The molecule has 21 heavy (non-hydrogen) atoms. The van der Waals surface area contributed by atoms with Crippen LogP contribution < -0.4 is 0 Å². The highest BCUT2D eigenvalue weighted by atomic mass is 32.1. The van der Waals surface area contributed by atoms with E-state index in [1.54, 1.807) is 0 Å². The average molecular weight is 309 g/mol. The fourth-order valence-electron chi connectivity index (χ4n) is 3.89. The summed E-state index contributed by atoms with van der Waals surface area (Å²) in [7, 11) is 1.82. The van der Waals surface area contributed by atoms with Crippen LogP contribution in [0.15, 0.2) is 11.4 Å². The zero-order valence-corrected chi connectivity index (χ0v) is 14.1. The standard InChI is InChI=1S/C17H27NO2S/c1-14-3-10-21-16(14)11-18-7-4-17(5-8-18)6-9-20-13-15(17)12-19-2/h3,10,15H,4-9,11-13H2,1-2H3/t15-/m1/s1. The van der Waals surface area contributed by atoms with Crippen molar-refractivity contribution < 1.29 is 9.47 Å². The molecule has 0 aromatic carbocycles. The van der Waals surface area contributed by atoms with Crippen molar-refractivity contribution in [2.75, 3.05) is 40.0 Å². The zero-order chi connectivity index (χ0) is 14.7. The van der Waals surface area contributed by atoms with Crippen LogP contribution in [-0.2, 0) is 16.0 Å². The third kappa shape index (κ3) is 3.34. The van der Waals surface area contributed by atoms with Crippen LogP contribution in [0.2, 0.25) is 0 Å². The van der Waals surface area contributed by atoms with Crippen LogP contribution in [0.5, 0.6) is 0 Å². The van der Waals surface area contributed by atoms with Crippen LogP contribution in [0.4, 0.5) is 0 Å². The molecule has 118 valence electrons. The highest BCUT2D eigenvalue weighted by Gasteiger charge is 2.43. The van der Waals surface area contributed by atoms with Gasteiger partial charge in [0, 0.05) is 31.1 Å². The van der Waals surface area contributed by atoms with Gasteiger partial charge in [0.1, 0.15) is 0 Å². The van der Waals surface area contributed by atoms with Crippen molar-refractivity contribution in [2.24, 2.45) is 11.3 Å². The first-order chi connectivity index (χ1) is 10.2. The molecule has 1 aromatic rings. The summed E-state index contributed by atoms with van der Waals surface area (Å²) in [6.45, 7) is 8.47. The summed E-state index contributed by atoms with van der Waals surface area (Å²) in [6.07, 6.45) is 3.82. The number of ether oxygens (including phenoxy) is 2. The Morgan fingerprint density at radius 1 is 1.38 bits per heavy atom. The second-order valence-corrected chi connectivity index (χ2v) is 7.64. The lowest BCUT2D eigenvalue weighted by Crippen LogP contribution is -2.49. The fourth-order valence-corrected chi connectivity index (χ4v) is 4.84. The first kappa shape index (κ1) is 15.5. The summed E-state index contributed by atoms with van der Waals surface area (Å²) in [4.78, 5) is 4.16. The molecule has 2 aliphatic rings. The van der Waals surface area contributed by atoms with E-state index in [-0.39, 0.29) is 0 Å². The molecule has 0 radical (unpaired) electrons. The lowest BCUT2D eigenvalue weighted by Gasteiger charge is -2.49. The van der Waals surface area contributed by atoms with Crippen molar-refractivity contribution in [2.45, 2.75) is 32.7 Å². The maximum atomic E-state index is 5.70. The first-order valence-electron chi connectivity index (χ1n) is 8.05. The number of nitrogens with zero attached hydrogens (tertiary/aromatic N) is 1. The van der Waals surface area contributed by atoms with E-state index >= 15 is 0 Å². The van der Waals surface area contributed by atoms with Crippen molar-refractivity contribution >= 4 is 11.3 Å². The van der Waals surface area contributed by atoms with Crippen molar-refractivity contribution in [1.82, 2.24) is 4.90 Å². The molecule has 4 heteroatoms. The van der Waals surface area contributed by atoms with Gasteiger partial charge in [-0.15, -0.1) is 11.3 Å². The second-order valence-electron chi connectivity index (χ2n) is 6.64. The van der Waals surface area contributed by atoms with Crippen LogP contribution in [-0.4, -0.2) is 44.9 Å². The molecule has 0 unspecified atom stereocenters. The summed E-state index contributed by atoms with van der Waals surface area (Å²) >= 11 is 1.90. The number of methoxy groups -OCH3 is 1. The van der Waals surface area contributed by atoms with E-state index in [1.165, 1.54) is 42.8 Å². The molecule has 0 amide bonds. The Labute approximate surface area is 132 Å². The number of likely N-dealkylation sites (tertiary alicyclic amines) is 1. The van der Waals surface area contributed by atoms with Gasteiger partial charge in [-0.3, -0.25) is 4.90 Å². The molecule has 2 aliphatic heterocycles. The molecule has 2 saturated heterocycles. The van der Waals surface area contributed by atoms with E-state index in [9.17, 15) is 0 Å². The van der Waals surface area contributed by atoms with E-state index in [2.05, 4.69) is 23.3 Å². The molecule has 3 rings (SSSR count). The van der Waals surface area contributed by atoms with Crippen molar-refractivity contribution in [1.29, 1.82) is 0 Å². The Balaban J connectivity index is 1.59.